The van der Waals surface area contributed by atoms with E-state index in [9.17, 15) is 14.4 Å². The molecule has 1 atom stereocenters. The van der Waals surface area contributed by atoms with Gasteiger partial charge in [0, 0.05) is 13.1 Å². The summed E-state index contributed by atoms with van der Waals surface area (Å²) in [6, 6.07) is 3.68. The minimum absolute atomic E-state index is 0.0675. The van der Waals surface area contributed by atoms with Gasteiger partial charge in [-0.15, -0.1) is 0 Å². The molecule has 0 spiro atoms. The topological polar surface area (TPSA) is 117 Å². The highest BCUT2D eigenvalue weighted by Crippen LogP contribution is 2.16. The van der Waals surface area contributed by atoms with E-state index in [0.29, 0.717) is 19.5 Å². The fourth-order valence-electron chi connectivity index (χ4n) is 2.46. The van der Waals surface area contributed by atoms with E-state index >= 15 is 0 Å². The van der Waals surface area contributed by atoms with Crippen LogP contribution in [0.4, 0.5) is 10.6 Å². The van der Waals surface area contributed by atoms with E-state index < -0.39 is 18.0 Å². The summed E-state index contributed by atoms with van der Waals surface area (Å²) in [6.07, 6.45) is 0.577. The van der Waals surface area contributed by atoms with E-state index in [4.69, 9.17) is 5.73 Å². The summed E-state index contributed by atoms with van der Waals surface area (Å²) in [5.74, 6) is -0.328. The number of aromatic nitrogens is 1. The monoisotopic (exact) mass is 319 g/mol. The normalized spacial score (nSPS) is 17.8. The SMILES string of the molecule is CC(C)CC1C(=O)NCCN1C(=O)Nc1cccc(C(N)=O)n1. The largest absolute Gasteiger partial charge is 0.364 e. The van der Waals surface area contributed by atoms with Crippen molar-refractivity contribution in [2.24, 2.45) is 11.7 Å². The van der Waals surface area contributed by atoms with Crippen LogP contribution in [0.15, 0.2) is 18.2 Å². The lowest BCUT2D eigenvalue weighted by molar-refractivity contribution is -0.128. The molecular formula is C15H21N5O3. The molecule has 1 saturated heterocycles. The lowest BCUT2D eigenvalue weighted by atomic mass is 10.0. The molecule has 1 fully saturated rings. The van der Waals surface area contributed by atoms with Crippen molar-refractivity contribution < 1.29 is 14.4 Å². The molecule has 2 heterocycles. The Kier molecular flexibility index (Phi) is 5.15. The molecule has 1 aromatic heterocycles. The molecule has 8 heteroatoms. The van der Waals surface area contributed by atoms with Gasteiger partial charge >= 0.3 is 6.03 Å². The van der Waals surface area contributed by atoms with Crippen molar-refractivity contribution in [3.05, 3.63) is 23.9 Å². The van der Waals surface area contributed by atoms with Crippen LogP contribution in [0, 0.1) is 5.92 Å². The van der Waals surface area contributed by atoms with Crippen molar-refractivity contribution in [3.63, 3.8) is 0 Å². The van der Waals surface area contributed by atoms with Gasteiger partial charge < -0.3 is 16.0 Å². The summed E-state index contributed by atoms with van der Waals surface area (Å²) < 4.78 is 0. The second-order valence-electron chi connectivity index (χ2n) is 5.83. The Morgan fingerprint density at radius 1 is 1.48 bits per heavy atom. The van der Waals surface area contributed by atoms with Gasteiger partial charge in [0.2, 0.25) is 5.91 Å². The molecule has 0 aromatic carbocycles. The van der Waals surface area contributed by atoms with E-state index in [1.807, 2.05) is 13.8 Å². The van der Waals surface area contributed by atoms with Crippen molar-refractivity contribution >= 4 is 23.7 Å². The Morgan fingerprint density at radius 3 is 2.87 bits per heavy atom. The van der Waals surface area contributed by atoms with Gasteiger partial charge in [0.15, 0.2) is 0 Å². The predicted octanol–water partition coefficient (Wildman–Crippen LogP) is 0.559. The third-order valence-electron chi connectivity index (χ3n) is 3.52. The van der Waals surface area contributed by atoms with Gasteiger partial charge in [0.25, 0.3) is 5.91 Å². The average Bonchev–Trinajstić information content (AvgIpc) is 2.49. The van der Waals surface area contributed by atoms with Crippen LogP contribution in [0.3, 0.4) is 0 Å². The van der Waals surface area contributed by atoms with Crippen LogP contribution in [-0.2, 0) is 4.79 Å². The lowest BCUT2D eigenvalue weighted by Gasteiger charge is -2.35. The molecule has 1 aliphatic heterocycles. The second-order valence-corrected chi connectivity index (χ2v) is 5.83. The van der Waals surface area contributed by atoms with E-state index in [0.717, 1.165) is 0 Å². The Bertz CT molecular complexity index is 617. The van der Waals surface area contributed by atoms with Gasteiger partial charge in [-0.3, -0.25) is 14.9 Å². The maximum absolute atomic E-state index is 12.5. The first-order valence-electron chi connectivity index (χ1n) is 7.50. The van der Waals surface area contributed by atoms with Crippen molar-refractivity contribution in [3.8, 4) is 0 Å². The molecular weight excluding hydrogens is 298 g/mol. The second kappa shape index (κ2) is 7.08. The summed E-state index contributed by atoms with van der Waals surface area (Å²) in [5, 5.41) is 5.39. The van der Waals surface area contributed by atoms with Gasteiger partial charge in [-0.1, -0.05) is 19.9 Å². The molecule has 2 rings (SSSR count). The number of urea groups is 1. The van der Waals surface area contributed by atoms with Gasteiger partial charge in [-0.05, 0) is 24.5 Å². The Labute approximate surface area is 134 Å². The first-order chi connectivity index (χ1) is 10.9. The highest BCUT2D eigenvalue weighted by molar-refractivity contribution is 5.95. The number of carbonyl (C=O) groups excluding carboxylic acids is 3. The fraction of sp³-hybridized carbons (Fsp3) is 0.467. The summed E-state index contributed by atoms with van der Waals surface area (Å²) in [4.78, 5) is 41.1. The highest BCUT2D eigenvalue weighted by atomic mass is 16.2. The maximum atomic E-state index is 12.5. The zero-order valence-corrected chi connectivity index (χ0v) is 13.2. The van der Waals surface area contributed by atoms with Crippen LogP contribution in [0.5, 0.6) is 0 Å². The predicted molar refractivity (Wildman–Crippen MR) is 84.7 cm³/mol. The molecule has 1 aliphatic rings. The van der Waals surface area contributed by atoms with Crippen LogP contribution in [0.25, 0.3) is 0 Å². The van der Waals surface area contributed by atoms with Gasteiger partial charge in [0.1, 0.15) is 17.6 Å². The molecule has 4 N–H and O–H groups in total. The number of hydrogen-bond acceptors (Lipinski definition) is 4. The molecule has 0 radical (unpaired) electrons. The number of hydrogen-bond donors (Lipinski definition) is 3. The van der Waals surface area contributed by atoms with Crippen LogP contribution in [-0.4, -0.2) is 46.9 Å². The van der Waals surface area contributed by atoms with Crippen molar-refractivity contribution in [1.82, 2.24) is 15.2 Å². The number of pyridine rings is 1. The number of piperazine rings is 1. The highest BCUT2D eigenvalue weighted by Gasteiger charge is 2.33. The standard InChI is InChI=1S/C15H21N5O3/c1-9(2)8-11-14(22)17-6-7-20(11)15(23)19-12-5-3-4-10(18-12)13(16)21/h3-5,9,11H,6-8H2,1-2H3,(H2,16,21)(H,17,22)(H,18,19,23). The molecule has 23 heavy (non-hydrogen) atoms. The Hall–Kier alpha value is -2.64. The van der Waals surface area contributed by atoms with Crippen molar-refractivity contribution in [1.29, 1.82) is 0 Å². The number of carbonyl (C=O) groups is 3. The van der Waals surface area contributed by atoms with Crippen LogP contribution < -0.4 is 16.4 Å². The Morgan fingerprint density at radius 2 is 2.22 bits per heavy atom. The summed E-state index contributed by atoms with van der Waals surface area (Å²) >= 11 is 0. The summed E-state index contributed by atoms with van der Waals surface area (Å²) in [5.41, 5.74) is 5.24. The number of primary amides is 1. The van der Waals surface area contributed by atoms with E-state index in [-0.39, 0.29) is 23.3 Å². The quantitative estimate of drug-likeness (QED) is 0.751. The molecule has 4 amide bonds. The van der Waals surface area contributed by atoms with E-state index in [1.165, 1.54) is 11.0 Å². The van der Waals surface area contributed by atoms with E-state index in [1.54, 1.807) is 12.1 Å². The molecule has 8 nitrogen and oxygen atoms in total. The fourth-order valence-corrected chi connectivity index (χ4v) is 2.46. The number of nitrogens with zero attached hydrogens (tertiary/aromatic N) is 2. The molecule has 0 bridgehead atoms. The third kappa shape index (κ3) is 4.18. The smallest absolute Gasteiger partial charge is 0.323 e. The van der Waals surface area contributed by atoms with Crippen LogP contribution in [0.1, 0.15) is 30.8 Å². The van der Waals surface area contributed by atoms with Gasteiger partial charge in [0.05, 0.1) is 0 Å². The Balaban J connectivity index is 2.13. The molecule has 0 aliphatic carbocycles. The van der Waals surface area contributed by atoms with Crippen LogP contribution >= 0.6 is 0 Å². The first-order valence-corrected chi connectivity index (χ1v) is 7.50. The molecule has 124 valence electrons. The number of nitrogens with two attached hydrogens (primary N) is 1. The van der Waals surface area contributed by atoms with Gasteiger partial charge in [-0.2, -0.15) is 0 Å². The number of nitrogens with one attached hydrogen (secondary N) is 2. The molecule has 1 unspecified atom stereocenters. The number of rotatable bonds is 4. The van der Waals surface area contributed by atoms with Crippen molar-refractivity contribution in [2.75, 3.05) is 18.4 Å². The number of amides is 4. The first kappa shape index (κ1) is 16.7. The molecule has 1 aromatic rings. The maximum Gasteiger partial charge on any atom is 0.323 e. The summed E-state index contributed by atoms with van der Waals surface area (Å²) in [7, 11) is 0. The van der Waals surface area contributed by atoms with Crippen molar-refractivity contribution in [2.45, 2.75) is 26.3 Å². The zero-order chi connectivity index (χ0) is 17.0. The number of anilines is 1. The minimum Gasteiger partial charge on any atom is -0.364 e. The average molecular weight is 319 g/mol. The van der Waals surface area contributed by atoms with Crippen LogP contribution in [0.2, 0.25) is 0 Å². The lowest BCUT2D eigenvalue weighted by Crippen LogP contribution is -2.58. The summed E-state index contributed by atoms with van der Waals surface area (Å²) in [6.45, 7) is 4.83. The van der Waals surface area contributed by atoms with E-state index in [2.05, 4.69) is 15.6 Å². The zero-order valence-electron chi connectivity index (χ0n) is 13.2. The van der Waals surface area contributed by atoms with Gasteiger partial charge in [-0.25, -0.2) is 9.78 Å². The third-order valence-corrected chi connectivity index (χ3v) is 3.52. The minimum atomic E-state index is -0.670. The molecule has 0 saturated carbocycles.